The first-order valence-electron chi connectivity index (χ1n) is 8.35. The van der Waals surface area contributed by atoms with Crippen LogP contribution < -0.4 is 11.1 Å². The molecule has 0 saturated heterocycles. The quantitative estimate of drug-likeness (QED) is 0.464. The first-order chi connectivity index (χ1) is 13.2. The second kappa shape index (κ2) is 7.22. The maximum atomic E-state index is 12.7. The molecule has 0 aliphatic carbocycles. The summed E-state index contributed by atoms with van der Waals surface area (Å²) in [5, 5.41) is 0.529. The molecule has 0 unspecified atom stereocenters. The van der Waals surface area contributed by atoms with Gasteiger partial charge in [-0.1, -0.05) is 0 Å². The number of aromatic nitrogens is 4. The third kappa shape index (κ3) is 3.48. The third-order valence-corrected chi connectivity index (χ3v) is 4.27. The summed E-state index contributed by atoms with van der Waals surface area (Å²) in [6, 6.07) is 2.96. The molecule has 0 aliphatic heterocycles. The topological polar surface area (TPSA) is 122 Å². The third-order valence-electron chi connectivity index (χ3n) is 4.27. The molecule has 2 heterocycles. The molecule has 28 heavy (non-hydrogen) atoms. The molecule has 146 valence electrons. The van der Waals surface area contributed by atoms with Crippen molar-refractivity contribution in [3.8, 4) is 0 Å². The highest BCUT2D eigenvalue weighted by atomic mass is 16.5. The SMILES string of the molecule is CC(=O)OCc1nc2cc3c(=O)n(C)c(COC(C)=O)nc3cc2c(=O)n1C. The molecule has 10 heteroatoms. The van der Waals surface area contributed by atoms with Gasteiger partial charge in [-0.3, -0.25) is 28.3 Å². The fourth-order valence-electron chi connectivity index (χ4n) is 2.72. The van der Waals surface area contributed by atoms with Crippen LogP contribution in [0.1, 0.15) is 25.5 Å². The summed E-state index contributed by atoms with van der Waals surface area (Å²) >= 11 is 0. The van der Waals surface area contributed by atoms with Gasteiger partial charge in [-0.05, 0) is 12.1 Å². The number of nitrogens with zero attached hydrogens (tertiary/aromatic N) is 4. The van der Waals surface area contributed by atoms with Crippen LogP contribution in [0.15, 0.2) is 21.7 Å². The van der Waals surface area contributed by atoms with E-state index < -0.39 is 11.9 Å². The number of ether oxygens (including phenoxy) is 2. The smallest absolute Gasteiger partial charge is 0.303 e. The maximum absolute atomic E-state index is 12.7. The highest BCUT2D eigenvalue weighted by molar-refractivity contribution is 5.93. The standard InChI is InChI=1S/C18H18N4O6/c1-9(23)27-7-15-19-13-5-12-14(6-11(13)17(25)21(15)3)20-16(8-28-10(2)24)22(4)18(12)26/h5-6H,7-8H2,1-4H3. The van der Waals surface area contributed by atoms with Crippen LogP contribution in [0.3, 0.4) is 0 Å². The highest BCUT2D eigenvalue weighted by Gasteiger charge is 2.15. The first kappa shape index (κ1) is 19.2. The van der Waals surface area contributed by atoms with Gasteiger partial charge in [0.1, 0.15) is 24.9 Å². The van der Waals surface area contributed by atoms with Crippen LogP contribution >= 0.6 is 0 Å². The van der Waals surface area contributed by atoms with Crippen molar-refractivity contribution < 1.29 is 19.1 Å². The lowest BCUT2D eigenvalue weighted by Gasteiger charge is -2.12. The molecule has 0 aliphatic rings. The van der Waals surface area contributed by atoms with Gasteiger partial charge in [-0.2, -0.15) is 0 Å². The number of benzene rings is 1. The normalized spacial score (nSPS) is 11.0. The van der Waals surface area contributed by atoms with Crippen molar-refractivity contribution in [2.45, 2.75) is 27.1 Å². The molecule has 0 radical (unpaired) electrons. The van der Waals surface area contributed by atoms with Crippen molar-refractivity contribution >= 4 is 33.7 Å². The van der Waals surface area contributed by atoms with Crippen LogP contribution in [-0.4, -0.2) is 31.0 Å². The number of rotatable bonds is 4. The van der Waals surface area contributed by atoms with Gasteiger partial charge in [0.2, 0.25) is 0 Å². The second-order valence-electron chi connectivity index (χ2n) is 6.23. The molecule has 3 rings (SSSR count). The number of carbonyl (C=O) groups excluding carboxylic acids is 2. The van der Waals surface area contributed by atoms with Gasteiger partial charge in [0.25, 0.3) is 11.1 Å². The van der Waals surface area contributed by atoms with Crippen molar-refractivity contribution in [2.75, 3.05) is 0 Å². The molecule has 0 N–H and O–H groups in total. The van der Waals surface area contributed by atoms with Crippen molar-refractivity contribution in [3.63, 3.8) is 0 Å². The average Bonchev–Trinajstić information content (AvgIpc) is 2.64. The van der Waals surface area contributed by atoms with Crippen LogP contribution in [0.4, 0.5) is 0 Å². The Labute approximate surface area is 158 Å². The highest BCUT2D eigenvalue weighted by Crippen LogP contribution is 2.17. The fourth-order valence-corrected chi connectivity index (χ4v) is 2.72. The van der Waals surface area contributed by atoms with Gasteiger partial charge >= 0.3 is 11.9 Å². The largest absolute Gasteiger partial charge is 0.458 e. The summed E-state index contributed by atoms with van der Waals surface area (Å²) in [5.74, 6) is -0.482. The van der Waals surface area contributed by atoms with E-state index in [1.54, 1.807) is 0 Å². The van der Waals surface area contributed by atoms with E-state index in [9.17, 15) is 19.2 Å². The number of hydrogen-bond donors (Lipinski definition) is 0. The number of hydrogen-bond acceptors (Lipinski definition) is 8. The van der Waals surface area contributed by atoms with E-state index >= 15 is 0 Å². The fraction of sp³-hybridized carbons (Fsp3) is 0.333. The molecular formula is C18H18N4O6. The minimum absolute atomic E-state index is 0.160. The Morgan fingerprint density at radius 1 is 0.821 bits per heavy atom. The molecule has 0 atom stereocenters. The molecule has 0 spiro atoms. The van der Waals surface area contributed by atoms with E-state index in [0.717, 1.165) is 0 Å². The maximum Gasteiger partial charge on any atom is 0.303 e. The number of esters is 2. The first-order valence-corrected chi connectivity index (χ1v) is 8.35. The lowest BCUT2D eigenvalue weighted by atomic mass is 10.1. The predicted molar refractivity (Wildman–Crippen MR) is 98.5 cm³/mol. The number of fused-ring (bicyclic) bond motifs is 2. The van der Waals surface area contributed by atoms with E-state index in [2.05, 4.69) is 9.97 Å². The molecule has 1 aromatic carbocycles. The minimum atomic E-state index is -0.494. The molecule has 0 fully saturated rings. The van der Waals surface area contributed by atoms with Gasteiger partial charge in [0.05, 0.1) is 21.8 Å². The lowest BCUT2D eigenvalue weighted by Crippen LogP contribution is -2.25. The zero-order chi connectivity index (χ0) is 20.6. The molecular weight excluding hydrogens is 368 g/mol. The Balaban J connectivity index is 2.22. The summed E-state index contributed by atoms with van der Waals surface area (Å²) in [6.07, 6.45) is 0. The molecule has 0 amide bonds. The summed E-state index contributed by atoms with van der Waals surface area (Å²) in [6.45, 7) is 2.20. The van der Waals surface area contributed by atoms with Crippen molar-refractivity contribution in [3.05, 3.63) is 44.5 Å². The number of carbonyl (C=O) groups is 2. The predicted octanol–water partition coefficient (Wildman–Crippen LogP) is 0.307. The van der Waals surface area contributed by atoms with Gasteiger partial charge in [-0.25, -0.2) is 9.97 Å². The molecule has 0 saturated carbocycles. The van der Waals surface area contributed by atoms with Crippen LogP contribution in [-0.2, 0) is 46.4 Å². The van der Waals surface area contributed by atoms with Crippen LogP contribution in [0, 0.1) is 0 Å². The Morgan fingerprint density at radius 3 is 1.50 bits per heavy atom. The molecule has 10 nitrogen and oxygen atoms in total. The average molecular weight is 386 g/mol. The summed E-state index contributed by atoms with van der Waals surface area (Å²) in [7, 11) is 3.03. The Kier molecular flexibility index (Phi) is 4.95. The van der Waals surface area contributed by atoms with E-state index in [0.29, 0.717) is 11.0 Å². The van der Waals surface area contributed by atoms with Crippen LogP contribution in [0.2, 0.25) is 0 Å². The molecule has 2 aromatic heterocycles. The van der Waals surface area contributed by atoms with Crippen LogP contribution in [0.5, 0.6) is 0 Å². The van der Waals surface area contributed by atoms with E-state index in [1.807, 2.05) is 0 Å². The van der Waals surface area contributed by atoms with Crippen molar-refractivity contribution in [1.29, 1.82) is 0 Å². The Morgan fingerprint density at radius 2 is 1.18 bits per heavy atom. The van der Waals surface area contributed by atoms with Gasteiger partial charge < -0.3 is 9.47 Å². The van der Waals surface area contributed by atoms with E-state index in [4.69, 9.17) is 9.47 Å². The van der Waals surface area contributed by atoms with Gasteiger partial charge in [0, 0.05) is 27.9 Å². The summed E-state index contributed by atoms with van der Waals surface area (Å²) < 4.78 is 12.4. The molecule has 0 bridgehead atoms. The summed E-state index contributed by atoms with van der Waals surface area (Å²) in [5.41, 5.74) is -0.134. The zero-order valence-corrected chi connectivity index (χ0v) is 15.8. The monoisotopic (exact) mass is 386 g/mol. The second-order valence-corrected chi connectivity index (χ2v) is 6.23. The minimum Gasteiger partial charge on any atom is -0.458 e. The van der Waals surface area contributed by atoms with Crippen molar-refractivity contribution in [1.82, 2.24) is 19.1 Å². The molecule has 3 aromatic rings. The van der Waals surface area contributed by atoms with E-state index in [1.165, 1.54) is 49.2 Å². The Hall–Kier alpha value is -3.56. The Bertz CT molecular complexity index is 1140. The summed E-state index contributed by atoms with van der Waals surface area (Å²) in [4.78, 5) is 56.2. The van der Waals surface area contributed by atoms with Crippen LogP contribution in [0.25, 0.3) is 21.8 Å². The van der Waals surface area contributed by atoms with E-state index in [-0.39, 0.29) is 46.8 Å². The van der Waals surface area contributed by atoms with Crippen molar-refractivity contribution in [2.24, 2.45) is 14.1 Å². The van der Waals surface area contributed by atoms with Gasteiger partial charge in [0.15, 0.2) is 0 Å². The zero-order valence-electron chi connectivity index (χ0n) is 15.8. The van der Waals surface area contributed by atoms with Gasteiger partial charge in [-0.15, -0.1) is 0 Å². The lowest BCUT2D eigenvalue weighted by molar-refractivity contribution is -0.143.